The number of carbonyl (C=O) groups is 1. The van der Waals surface area contributed by atoms with E-state index in [2.05, 4.69) is 21.4 Å². The third kappa shape index (κ3) is 3.32. The second-order valence-electron chi connectivity index (χ2n) is 9.58. The molecule has 176 valence electrons. The summed E-state index contributed by atoms with van der Waals surface area (Å²) in [5, 5.41) is 13.4. The topological polar surface area (TPSA) is 97.2 Å². The lowest BCUT2D eigenvalue weighted by Crippen LogP contribution is -2.58. The summed E-state index contributed by atoms with van der Waals surface area (Å²) >= 11 is 6.41. The Hall–Kier alpha value is -3.74. The molecule has 8 nitrogen and oxygen atoms in total. The van der Waals surface area contributed by atoms with Crippen molar-refractivity contribution in [1.82, 2.24) is 24.3 Å². The van der Waals surface area contributed by atoms with Gasteiger partial charge in [0.05, 0.1) is 24.1 Å². The van der Waals surface area contributed by atoms with E-state index in [0.29, 0.717) is 39.8 Å². The smallest absolute Gasteiger partial charge is 0.251 e. The number of amides is 1. The highest BCUT2D eigenvalue weighted by atomic mass is 35.5. The van der Waals surface area contributed by atoms with Crippen LogP contribution >= 0.6 is 11.6 Å². The number of halogens is 2. The van der Waals surface area contributed by atoms with E-state index in [1.165, 1.54) is 12.1 Å². The van der Waals surface area contributed by atoms with Gasteiger partial charge in [0.1, 0.15) is 34.1 Å². The predicted octanol–water partition coefficient (Wildman–Crippen LogP) is 4.12. The minimum atomic E-state index is -0.484. The van der Waals surface area contributed by atoms with Crippen molar-refractivity contribution in [2.45, 2.75) is 30.9 Å². The van der Waals surface area contributed by atoms with Crippen LogP contribution in [0.15, 0.2) is 42.9 Å². The summed E-state index contributed by atoms with van der Waals surface area (Å²) in [5.41, 5.74) is 2.21. The first-order valence-electron chi connectivity index (χ1n) is 11.1. The predicted molar refractivity (Wildman–Crippen MR) is 126 cm³/mol. The Labute approximate surface area is 204 Å². The zero-order valence-electron chi connectivity index (χ0n) is 19.0. The van der Waals surface area contributed by atoms with Gasteiger partial charge in [-0.15, -0.1) is 0 Å². The molecule has 3 aromatic heterocycles. The Bertz CT molecular complexity index is 1580. The van der Waals surface area contributed by atoms with E-state index >= 15 is 0 Å². The number of nitriles is 1. The second kappa shape index (κ2) is 7.38. The Morgan fingerprint density at radius 2 is 2.06 bits per heavy atom. The number of benzene rings is 1. The lowest BCUT2D eigenvalue weighted by Gasteiger charge is -2.42. The Kier molecular flexibility index (Phi) is 4.59. The van der Waals surface area contributed by atoms with Gasteiger partial charge >= 0.3 is 0 Å². The molecule has 1 N–H and O–H groups in total. The van der Waals surface area contributed by atoms with E-state index in [4.69, 9.17) is 16.3 Å². The Morgan fingerprint density at radius 3 is 2.71 bits per heavy atom. The first-order valence-corrected chi connectivity index (χ1v) is 11.4. The second-order valence-corrected chi connectivity index (χ2v) is 9.93. The van der Waals surface area contributed by atoms with Crippen molar-refractivity contribution in [3.63, 3.8) is 0 Å². The van der Waals surface area contributed by atoms with Gasteiger partial charge in [-0.25, -0.2) is 14.4 Å². The number of nitrogens with zero attached hydrogens (tertiary/aromatic N) is 5. The number of hydrogen-bond acceptors (Lipinski definition) is 5. The first kappa shape index (κ1) is 21.8. The molecule has 3 aliphatic rings. The van der Waals surface area contributed by atoms with Gasteiger partial charge in [-0.05, 0) is 37.3 Å². The van der Waals surface area contributed by atoms with Crippen LogP contribution in [0.2, 0.25) is 5.15 Å². The zero-order chi connectivity index (χ0) is 24.5. The molecule has 4 aromatic rings. The van der Waals surface area contributed by atoms with Crippen molar-refractivity contribution < 1.29 is 13.9 Å². The maximum atomic E-state index is 14.3. The van der Waals surface area contributed by atoms with Crippen LogP contribution in [0.5, 0.6) is 0 Å². The molecule has 10 heteroatoms. The van der Waals surface area contributed by atoms with E-state index in [1.54, 1.807) is 46.7 Å². The maximum Gasteiger partial charge on any atom is 0.251 e. The molecule has 1 amide bonds. The SMILES string of the molecule is Cn1cnc(-c2ccc(F)cc2-c2nc3cc(C(=O)NC45COC(C)(C4)C5)ccn3c2C#N)c1Cl. The normalized spacial score (nSPS) is 22.7. The van der Waals surface area contributed by atoms with Gasteiger partial charge in [-0.1, -0.05) is 11.6 Å². The molecule has 0 spiro atoms. The van der Waals surface area contributed by atoms with Crippen LogP contribution in [0.1, 0.15) is 35.8 Å². The first-order chi connectivity index (χ1) is 16.7. The Morgan fingerprint density at radius 1 is 1.26 bits per heavy atom. The quantitative estimate of drug-likeness (QED) is 0.464. The standard InChI is InChI=1S/C25H20ClFN6O2/c1-24-10-25(11-24,12-35-24)31-23(34)14-5-6-33-18(9-28)20(30-19(33)7-14)17-8-15(27)3-4-16(17)21-22(26)32(2)13-29-21/h3-8,13H,10-12H2,1-2H3,(H,31,34). The fourth-order valence-electron chi connectivity index (χ4n) is 5.33. The van der Waals surface area contributed by atoms with Crippen molar-refractivity contribution in [3.8, 4) is 28.6 Å². The fraction of sp³-hybridized carbons (Fsp3) is 0.280. The molecule has 5 heterocycles. The summed E-state index contributed by atoms with van der Waals surface area (Å²) in [4.78, 5) is 22.0. The van der Waals surface area contributed by atoms with Crippen molar-refractivity contribution in [2.75, 3.05) is 6.61 Å². The van der Waals surface area contributed by atoms with Gasteiger partial charge in [0, 0.05) is 42.8 Å². The number of nitrogens with one attached hydrogen (secondary N) is 1. The fourth-order valence-corrected chi connectivity index (χ4v) is 5.52. The summed E-state index contributed by atoms with van der Waals surface area (Å²) in [7, 11) is 1.75. The monoisotopic (exact) mass is 490 g/mol. The van der Waals surface area contributed by atoms with Gasteiger partial charge in [-0.3, -0.25) is 9.20 Å². The number of aromatic nitrogens is 4. The summed E-state index contributed by atoms with van der Waals surface area (Å²) < 4.78 is 23.3. The van der Waals surface area contributed by atoms with Crippen LogP contribution in [0.4, 0.5) is 4.39 Å². The number of pyridine rings is 1. The Balaban J connectivity index is 1.42. The maximum absolute atomic E-state index is 14.3. The van der Waals surface area contributed by atoms with E-state index in [9.17, 15) is 14.4 Å². The highest BCUT2D eigenvalue weighted by molar-refractivity contribution is 6.32. The molecule has 0 unspecified atom stereocenters. The van der Waals surface area contributed by atoms with Gasteiger partial charge in [-0.2, -0.15) is 5.26 Å². The molecule has 2 bridgehead atoms. The molecular formula is C25H20ClFN6O2. The third-order valence-corrected chi connectivity index (χ3v) is 7.30. The third-order valence-electron chi connectivity index (χ3n) is 6.85. The highest BCUT2D eigenvalue weighted by Gasteiger charge is 2.60. The van der Waals surface area contributed by atoms with Crippen molar-refractivity contribution in [1.29, 1.82) is 5.26 Å². The van der Waals surface area contributed by atoms with Gasteiger partial charge in [0.15, 0.2) is 5.69 Å². The lowest BCUT2D eigenvalue weighted by atomic mass is 9.69. The summed E-state index contributed by atoms with van der Waals surface area (Å²) in [6, 6.07) is 9.61. The molecular weight excluding hydrogens is 471 g/mol. The van der Waals surface area contributed by atoms with Crippen LogP contribution in [0, 0.1) is 17.1 Å². The molecule has 1 saturated carbocycles. The largest absolute Gasteiger partial charge is 0.373 e. The summed E-state index contributed by atoms with van der Waals surface area (Å²) in [5.74, 6) is -0.711. The molecule has 7 rings (SSSR count). The minimum Gasteiger partial charge on any atom is -0.373 e. The van der Waals surface area contributed by atoms with E-state index < -0.39 is 5.82 Å². The van der Waals surface area contributed by atoms with Crippen LogP contribution < -0.4 is 5.32 Å². The number of hydrogen-bond donors (Lipinski definition) is 1. The average Bonchev–Trinajstić information content (AvgIpc) is 3.53. The van der Waals surface area contributed by atoms with Gasteiger partial charge in [0.25, 0.3) is 5.91 Å². The van der Waals surface area contributed by atoms with Crippen LogP contribution in [-0.4, -0.2) is 42.6 Å². The number of aryl methyl sites for hydroxylation is 1. The molecule has 3 fully saturated rings. The van der Waals surface area contributed by atoms with Crippen LogP contribution in [0.25, 0.3) is 28.2 Å². The molecule has 0 atom stereocenters. The summed E-state index contributed by atoms with van der Waals surface area (Å²) in [6.07, 6.45) is 4.76. The molecule has 2 aliphatic heterocycles. The molecule has 35 heavy (non-hydrogen) atoms. The minimum absolute atomic E-state index is 0.143. The number of fused-ring (bicyclic) bond motifs is 2. The highest BCUT2D eigenvalue weighted by Crippen LogP contribution is 2.51. The van der Waals surface area contributed by atoms with Crippen LogP contribution in [-0.2, 0) is 11.8 Å². The van der Waals surface area contributed by atoms with Crippen LogP contribution in [0.3, 0.4) is 0 Å². The molecule has 1 aromatic carbocycles. The van der Waals surface area contributed by atoms with E-state index in [1.807, 2.05) is 6.92 Å². The molecule has 1 aliphatic carbocycles. The molecule has 2 saturated heterocycles. The van der Waals surface area contributed by atoms with Crippen molar-refractivity contribution >= 4 is 23.2 Å². The number of imidazole rings is 2. The average molecular weight is 491 g/mol. The number of rotatable bonds is 4. The summed E-state index contributed by atoms with van der Waals surface area (Å²) in [6.45, 7) is 2.55. The number of ether oxygens (including phenoxy) is 1. The number of carbonyl (C=O) groups excluding carboxylic acids is 1. The molecule has 0 radical (unpaired) electrons. The zero-order valence-corrected chi connectivity index (χ0v) is 19.7. The van der Waals surface area contributed by atoms with E-state index in [0.717, 1.165) is 12.8 Å². The van der Waals surface area contributed by atoms with Crippen molar-refractivity contribution in [3.05, 3.63) is 65.1 Å². The van der Waals surface area contributed by atoms with Crippen molar-refractivity contribution in [2.24, 2.45) is 7.05 Å². The van der Waals surface area contributed by atoms with Gasteiger partial charge in [0.2, 0.25) is 0 Å². The van der Waals surface area contributed by atoms with Gasteiger partial charge < -0.3 is 14.6 Å². The van der Waals surface area contributed by atoms with E-state index in [-0.39, 0.29) is 28.4 Å². The lowest BCUT2D eigenvalue weighted by molar-refractivity contribution is 0.0127.